The second-order valence-corrected chi connectivity index (χ2v) is 6.43. The average Bonchev–Trinajstić information content (AvgIpc) is 3.03. The molecular weight excluding hydrogens is 298 g/mol. The largest absolute Gasteiger partial charge is 0.461 e. The Labute approximate surface area is 134 Å². The molecule has 0 atom stereocenters. The maximum atomic E-state index is 11.8. The zero-order valence-electron chi connectivity index (χ0n) is 12.5. The molecule has 0 radical (unpaired) electrons. The van der Waals surface area contributed by atoms with E-state index in [2.05, 4.69) is 16.4 Å². The molecule has 22 heavy (non-hydrogen) atoms. The lowest BCUT2D eigenvalue weighted by Gasteiger charge is -2.33. The van der Waals surface area contributed by atoms with Crippen LogP contribution in [0.15, 0.2) is 35.3 Å². The summed E-state index contributed by atoms with van der Waals surface area (Å²) in [5.74, 6) is 0.271. The van der Waals surface area contributed by atoms with Crippen molar-refractivity contribution in [3.8, 4) is 11.1 Å². The third-order valence-electron chi connectivity index (χ3n) is 4.03. The van der Waals surface area contributed by atoms with Crippen LogP contribution in [0.2, 0.25) is 0 Å². The van der Waals surface area contributed by atoms with Gasteiger partial charge in [0.15, 0.2) is 0 Å². The van der Waals surface area contributed by atoms with Crippen molar-refractivity contribution in [2.24, 2.45) is 5.92 Å². The van der Waals surface area contributed by atoms with Crippen LogP contribution < -0.4 is 0 Å². The highest BCUT2D eigenvalue weighted by Gasteiger charge is 2.30. The van der Waals surface area contributed by atoms with Gasteiger partial charge in [0.25, 0.3) is 0 Å². The van der Waals surface area contributed by atoms with Gasteiger partial charge in [-0.25, -0.2) is 0 Å². The smallest absolute Gasteiger partial charge is 0.306 e. The van der Waals surface area contributed by atoms with E-state index in [-0.39, 0.29) is 12.6 Å². The number of carbonyl (C=O) groups excluding carboxylic acids is 1. The summed E-state index contributed by atoms with van der Waals surface area (Å²) >= 11 is 1.65. The zero-order chi connectivity index (χ0) is 15.4. The van der Waals surface area contributed by atoms with Crippen molar-refractivity contribution in [1.29, 1.82) is 0 Å². The van der Waals surface area contributed by atoms with Crippen LogP contribution in [0.3, 0.4) is 0 Å². The molecule has 0 amide bonds. The predicted octanol–water partition coefficient (Wildman–Crippen LogP) is 3.67. The van der Waals surface area contributed by atoms with Crippen molar-refractivity contribution in [3.63, 3.8) is 0 Å². The fourth-order valence-electron chi connectivity index (χ4n) is 2.65. The molecule has 5 heteroatoms. The predicted molar refractivity (Wildman–Crippen MR) is 85.5 cm³/mol. The summed E-state index contributed by atoms with van der Waals surface area (Å²) in [6, 6.07) is 4.08. The number of hydrogen-bond acceptors (Lipinski definition) is 5. The molecule has 0 N–H and O–H groups in total. The number of esters is 1. The monoisotopic (exact) mass is 317 g/mol. The van der Waals surface area contributed by atoms with Crippen LogP contribution >= 0.6 is 11.3 Å². The van der Waals surface area contributed by atoms with Gasteiger partial charge in [-0.1, -0.05) is 0 Å². The van der Waals surface area contributed by atoms with E-state index in [9.17, 15) is 4.79 Å². The minimum absolute atomic E-state index is 0.138. The van der Waals surface area contributed by atoms with Gasteiger partial charge < -0.3 is 9.47 Å². The number of thiophene rings is 1. The molecule has 0 aromatic carbocycles. The summed E-state index contributed by atoms with van der Waals surface area (Å²) in [5.41, 5.74) is 3.11. The SMILES string of the molecule is COC1CC(CC(=O)OCc2cncc(-c3ccsc3)c2)C1. The van der Waals surface area contributed by atoms with E-state index in [1.807, 2.05) is 17.6 Å². The second-order valence-electron chi connectivity index (χ2n) is 5.65. The molecule has 0 aliphatic heterocycles. The number of aromatic nitrogens is 1. The first-order chi connectivity index (χ1) is 10.7. The van der Waals surface area contributed by atoms with E-state index in [1.54, 1.807) is 24.6 Å². The number of hydrogen-bond donors (Lipinski definition) is 0. The Kier molecular flexibility index (Phi) is 4.85. The van der Waals surface area contributed by atoms with E-state index >= 15 is 0 Å². The molecule has 0 spiro atoms. The average molecular weight is 317 g/mol. The standard InChI is InChI=1S/C17H19NO3S/c1-20-16-5-12(6-16)7-17(19)21-10-13-4-15(9-18-8-13)14-2-3-22-11-14/h2-4,8-9,11-12,16H,5-7,10H2,1H3. The molecule has 1 saturated carbocycles. The number of pyridine rings is 1. The van der Waals surface area contributed by atoms with E-state index in [1.165, 1.54) is 0 Å². The topological polar surface area (TPSA) is 48.4 Å². The van der Waals surface area contributed by atoms with Crippen LogP contribution in [0.1, 0.15) is 24.8 Å². The first-order valence-corrected chi connectivity index (χ1v) is 8.34. The van der Waals surface area contributed by atoms with Crippen LogP contribution in [-0.4, -0.2) is 24.2 Å². The van der Waals surface area contributed by atoms with Crippen molar-refractivity contribution in [2.75, 3.05) is 7.11 Å². The van der Waals surface area contributed by atoms with Crippen molar-refractivity contribution >= 4 is 17.3 Å². The van der Waals surface area contributed by atoms with E-state index in [0.717, 1.165) is 29.5 Å². The fourth-order valence-corrected chi connectivity index (χ4v) is 3.31. The number of carbonyl (C=O) groups is 1. The molecule has 116 valence electrons. The number of ether oxygens (including phenoxy) is 2. The lowest BCUT2D eigenvalue weighted by molar-refractivity contribution is -0.148. The number of rotatable bonds is 6. The van der Waals surface area contributed by atoms with Gasteiger partial charge in [0.1, 0.15) is 6.61 Å². The second kappa shape index (κ2) is 7.03. The molecule has 0 saturated heterocycles. The maximum absolute atomic E-state index is 11.8. The lowest BCUT2D eigenvalue weighted by Crippen LogP contribution is -2.32. The Morgan fingerprint density at radius 1 is 1.36 bits per heavy atom. The third kappa shape index (κ3) is 3.72. The lowest BCUT2D eigenvalue weighted by atomic mass is 9.80. The highest BCUT2D eigenvalue weighted by molar-refractivity contribution is 7.08. The third-order valence-corrected chi connectivity index (χ3v) is 4.71. The summed E-state index contributed by atoms with van der Waals surface area (Å²) in [6.07, 6.45) is 6.29. The normalized spacial score (nSPS) is 20.4. The Morgan fingerprint density at radius 2 is 2.23 bits per heavy atom. The fraction of sp³-hybridized carbons (Fsp3) is 0.412. The molecule has 1 fully saturated rings. The summed E-state index contributed by atoms with van der Waals surface area (Å²) < 4.78 is 10.6. The first-order valence-electron chi connectivity index (χ1n) is 7.39. The Bertz CT molecular complexity index is 621. The van der Waals surface area contributed by atoms with Gasteiger partial charge >= 0.3 is 5.97 Å². The minimum atomic E-state index is -0.138. The van der Waals surface area contributed by atoms with Crippen molar-refractivity contribution in [2.45, 2.75) is 32.0 Å². The van der Waals surface area contributed by atoms with Crippen LogP contribution in [-0.2, 0) is 20.9 Å². The van der Waals surface area contributed by atoms with Crippen molar-refractivity contribution in [3.05, 3.63) is 40.8 Å². The number of methoxy groups -OCH3 is 1. The first kappa shape index (κ1) is 15.2. The molecule has 3 rings (SSSR count). The molecule has 0 unspecified atom stereocenters. The molecule has 0 bridgehead atoms. The van der Waals surface area contributed by atoms with Crippen LogP contribution in [0.25, 0.3) is 11.1 Å². The van der Waals surface area contributed by atoms with Gasteiger partial charge in [-0.15, -0.1) is 0 Å². The van der Waals surface area contributed by atoms with Gasteiger partial charge in [-0.3, -0.25) is 9.78 Å². The molecule has 2 heterocycles. The van der Waals surface area contributed by atoms with Gasteiger partial charge in [0.05, 0.1) is 6.10 Å². The Balaban J connectivity index is 1.49. The molecule has 1 aliphatic rings. The Morgan fingerprint density at radius 3 is 2.95 bits per heavy atom. The summed E-state index contributed by atoms with van der Waals surface area (Å²) in [6.45, 7) is 0.282. The van der Waals surface area contributed by atoms with E-state index in [0.29, 0.717) is 18.4 Å². The van der Waals surface area contributed by atoms with Gasteiger partial charge in [0.2, 0.25) is 0 Å². The molecule has 4 nitrogen and oxygen atoms in total. The minimum Gasteiger partial charge on any atom is -0.461 e. The molecular formula is C17H19NO3S. The number of nitrogens with zero attached hydrogens (tertiary/aromatic N) is 1. The highest BCUT2D eigenvalue weighted by Crippen LogP contribution is 2.32. The van der Waals surface area contributed by atoms with Gasteiger partial charge in [0, 0.05) is 37.1 Å². The van der Waals surface area contributed by atoms with Crippen molar-refractivity contribution < 1.29 is 14.3 Å². The molecule has 2 aromatic heterocycles. The van der Waals surface area contributed by atoms with Gasteiger partial charge in [-0.2, -0.15) is 11.3 Å². The zero-order valence-corrected chi connectivity index (χ0v) is 13.3. The maximum Gasteiger partial charge on any atom is 0.306 e. The highest BCUT2D eigenvalue weighted by atomic mass is 32.1. The van der Waals surface area contributed by atoms with Gasteiger partial charge in [-0.05, 0) is 47.2 Å². The van der Waals surface area contributed by atoms with Crippen molar-refractivity contribution in [1.82, 2.24) is 4.98 Å². The van der Waals surface area contributed by atoms with E-state index < -0.39 is 0 Å². The van der Waals surface area contributed by atoms with Crippen LogP contribution in [0, 0.1) is 5.92 Å². The van der Waals surface area contributed by atoms with Crippen LogP contribution in [0.5, 0.6) is 0 Å². The quantitative estimate of drug-likeness (QED) is 0.763. The summed E-state index contributed by atoms with van der Waals surface area (Å²) in [7, 11) is 1.71. The summed E-state index contributed by atoms with van der Waals surface area (Å²) in [5, 5.41) is 4.11. The summed E-state index contributed by atoms with van der Waals surface area (Å²) in [4.78, 5) is 16.1. The molecule has 2 aromatic rings. The molecule has 1 aliphatic carbocycles. The Hall–Kier alpha value is -1.72. The van der Waals surface area contributed by atoms with Crippen LogP contribution in [0.4, 0.5) is 0 Å². The van der Waals surface area contributed by atoms with E-state index in [4.69, 9.17) is 9.47 Å².